The first-order valence-electron chi connectivity index (χ1n) is 5.40. The van der Waals surface area contributed by atoms with Gasteiger partial charge in [0.05, 0.1) is 0 Å². The smallest absolute Gasteiger partial charge is 0.249 e. The molecule has 0 fully saturated rings. The lowest BCUT2D eigenvalue weighted by Gasteiger charge is -1.92. The van der Waals surface area contributed by atoms with Crippen LogP contribution in [0.5, 0.6) is 0 Å². The molecule has 0 aliphatic heterocycles. The molecular formula is C13H9N3O2. The monoisotopic (exact) mass is 239 g/mol. The van der Waals surface area contributed by atoms with Crippen LogP contribution in [-0.4, -0.2) is 10.1 Å². The van der Waals surface area contributed by atoms with E-state index in [2.05, 4.69) is 14.8 Å². The molecule has 3 rings (SSSR count). The predicted molar refractivity (Wildman–Crippen MR) is 66.1 cm³/mol. The summed E-state index contributed by atoms with van der Waals surface area (Å²) in [5, 5.41) is 14.8. The van der Waals surface area contributed by atoms with Crippen LogP contribution in [0, 0.1) is 5.21 Å². The third-order valence-electron chi connectivity index (χ3n) is 2.58. The number of hydrogen-bond donors (Lipinski definition) is 0. The highest BCUT2D eigenvalue weighted by molar-refractivity contribution is 5.77. The van der Waals surface area contributed by atoms with E-state index in [0.29, 0.717) is 15.9 Å². The number of benzene rings is 1. The second-order valence-corrected chi connectivity index (χ2v) is 3.79. The van der Waals surface area contributed by atoms with Gasteiger partial charge in [-0.15, -0.1) is 0 Å². The summed E-state index contributed by atoms with van der Waals surface area (Å²) >= 11 is 0. The second kappa shape index (κ2) is 4.29. The highest BCUT2D eigenvalue weighted by atomic mass is 16.8. The molecule has 1 aromatic carbocycles. The molecule has 0 aliphatic rings. The molecule has 0 saturated carbocycles. The van der Waals surface area contributed by atoms with E-state index in [1.54, 1.807) is 24.5 Å². The molecular weight excluding hydrogens is 230 g/mol. The molecule has 0 saturated heterocycles. The van der Waals surface area contributed by atoms with Crippen LogP contribution >= 0.6 is 0 Å². The van der Waals surface area contributed by atoms with Crippen molar-refractivity contribution in [3.8, 4) is 0 Å². The maximum absolute atomic E-state index is 11.1. The second-order valence-electron chi connectivity index (χ2n) is 3.79. The quantitative estimate of drug-likeness (QED) is 0.642. The Bertz CT molecular complexity index is 705. The summed E-state index contributed by atoms with van der Waals surface area (Å²) in [6.45, 7) is 0. The van der Waals surface area contributed by atoms with E-state index in [1.807, 2.05) is 30.4 Å². The molecule has 3 aromatic rings. The van der Waals surface area contributed by atoms with E-state index in [0.717, 1.165) is 11.1 Å². The van der Waals surface area contributed by atoms with Crippen molar-refractivity contribution in [1.29, 1.82) is 0 Å². The molecule has 0 spiro atoms. The van der Waals surface area contributed by atoms with Gasteiger partial charge in [0.1, 0.15) is 0 Å². The highest BCUT2D eigenvalue weighted by Crippen LogP contribution is 2.13. The van der Waals surface area contributed by atoms with E-state index >= 15 is 0 Å². The lowest BCUT2D eigenvalue weighted by atomic mass is 10.1. The Balaban J connectivity index is 1.93. The van der Waals surface area contributed by atoms with Crippen LogP contribution in [0.25, 0.3) is 23.2 Å². The van der Waals surface area contributed by atoms with Gasteiger partial charge in [-0.05, 0) is 34.2 Å². The molecule has 5 nitrogen and oxygen atoms in total. The standard InChI is InChI=1S/C13H9N3O2/c17-16-13-4-3-11(9-12(13)15-18-16)2-1-10-5-7-14-8-6-10/h1-9H/b2-1+. The first-order chi connectivity index (χ1) is 8.83. The van der Waals surface area contributed by atoms with Crippen molar-refractivity contribution in [2.24, 2.45) is 0 Å². The van der Waals surface area contributed by atoms with Gasteiger partial charge >= 0.3 is 0 Å². The molecule has 0 atom stereocenters. The first-order valence-corrected chi connectivity index (χ1v) is 5.40. The average Bonchev–Trinajstić information content (AvgIpc) is 2.79. The Hall–Kier alpha value is -2.69. The van der Waals surface area contributed by atoms with Crippen LogP contribution in [0.3, 0.4) is 0 Å². The van der Waals surface area contributed by atoms with Gasteiger partial charge in [-0.2, -0.15) is 0 Å². The van der Waals surface area contributed by atoms with Crippen molar-refractivity contribution < 1.29 is 9.53 Å². The molecule has 2 heterocycles. The van der Waals surface area contributed by atoms with Gasteiger partial charge < -0.3 is 5.21 Å². The fourth-order valence-corrected chi connectivity index (χ4v) is 1.66. The Morgan fingerprint density at radius 2 is 1.83 bits per heavy atom. The predicted octanol–water partition coefficient (Wildman–Crippen LogP) is 2.03. The zero-order valence-electron chi connectivity index (χ0n) is 9.35. The topological polar surface area (TPSA) is 65.9 Å². The van der Waals surface area contributed by atoms with Crippen molar-refractivity contribution in [2.45, 2.75) is 0 Å². The fraction of sp³-hybridized carbons (Fsp3) is 0. The summed E-state index contributed by atoms with van der Waals surface area (Å²) in [6.07, 6.45) is 7.38. The van der Waals surface area contributed by atoms with E-state index in [-0.39, 0.29) is 0 Å². The van der Waals surface area contributed by atoms with Crippen LogP contribution < -0.4 is 4.90 Å². The molecule has 0 aliphatic carbocycles. The van der Waals surface area contributed by atoms with E-state index in [1.165, 1.54) is 0 Å². The van der Waals surface area contributed by atoms with Crippen molar-refractivity contribution in [3.05, 3.63) is 59.1 Å². The molecule has 0 radical (unpaired) electrons. The minimum absolute atomic E-state index is 0.395. The van der Waals surface area contributed by atoms with E-state index < -0.39 is 0 Å². The average molecular weight is 239 g/mol. The summed E-state index contributed by atoms with van der Waals surface area (Å²) in [4.78, 5) is 4.34. The number of fused-ring (bicyclic) bond motifs is 1. The number of hydrogen-bond acceptors (Lipinski definition) is 4. The normalized spacial score (nSPS) is 11.3. The van der Waals surface area contributed by atoms with Crippen LogP contribution in [0.15, 0.2) is 47.4 Å². The number of rotatable bonds is 2. The summed E-state index contributed by atoms with van der Waals surface area (Å²) in [7, 11) is 0. The summed E-state index contributed by atoms with van der Waals surface area (Å²) < 4.78 is 4.51. The van der Waals surface area contributed by atoms with Crippen LogP contribution in [0.2, 0.25) is 0 Å². The fourth-order valence-electron chi connectivity index (χ4n) is 1.66. The van der Waals surface area contributed by atoms with Crippen LogP contribution in [0.4, 0.5) is 0 Å². The maximum atomic E-state index is 11.1. The molecule has 0 N–H and O–H groups in total. The van der Waals surface area contributed by atoms with Crippen molar-refractivity contribution >= 4 is 23.2 Å². The first kappa shape index (κ1) is 10.5. The van der Waals surface area contributed by atoms with Crippen molar-refractivity contribution in [3.63, 3.8) is 0 Å². The minimum atomic E-state index is 0.395. The molecule has 0 unspecified atom stereocenters. The lowest BCUT2D eigenvalue weighted by molar-refractivity contribution is -0.782. The third kappa shape index (κ3) is 1.93. The Morgan fingerprint density at radius 1 is 1.06 bits per heavy atom. The summed E-state index contributed by atoms with van der Waals surface area (Å²) in [5.41, 5.74) is 2.98. The van der Waals surface area contributed by atoms with Crippen LogP contribution in [0.1, 0.15) is 11.1 Å². The molecule has 18 heavy (non-hydrogen) atoms. The van der Waals surface area contributed by atoms with Crippen molar-refractivity contribution in [1.82, 2.24) is 10.1 Å². The van der Waals surface area contributed by atoms with Gasteiger partial charge in [-0.25, -0.2) is 0 Å². The lowest BCUT2D eigenvalue weighted by Crippen LogP contribution is -2.22. The SMILES string of the molecule is [O-][n+]1onc2cc(/C=C/c3ccncc3)ccc21. The molecule has 0 amide bonds. The number of aromatic nitrogens is 3. The minimum Gasteiger partial charge on any atom is -0.359 e. The van der Waals surface area contributed by atoms with Gasteiger partial charge in [0.25, 0.3) is 0 Å². The zero-order valence-corrected chi connectivity index (χ0v) is 9.35. The number of nitrogens with zero attached hydrogens (tertiary/aromatic N) is 3. The summed E-state index contributed by atoms with van der Waals surface area (Å²) in [5.74, 6) is 0. The van der Waals surface area contributed by atoms with Gasteiger partial charge in [0.15, 0.2) is 0 Å². The maximum Gasteiger partial charge on any atom is 0.249 e. The third-order valence-corrected chi connectivity index (χ3v) is 2.58. The van der Waals surface area contributed by atoms with Gasteiger partial charge in [-0.3, -0.25) is 9.61 Å². The van der Waals surface area contributed by atoms with Gasteiger partial charge in [0, 0.05) is 23.6 Å². The van der Waals surface area contributed by atoms with E-state index in [9.17, 15) is 5.21 Å². The number of pyridine rings is 1. The van der Waals surface area contributed by atoms with Crippen LogP contribution in [-0.2, 0) is 0 Å². The molecule has 2 aromatic heterocycles. The Labute approximate surface area is 103 Å². The largest absolute Gasteiger partial charge is 0.359 e. The zero-order chi connectivity index (χ0) is 12.4. The summed E-state index contributed by atoms with van der Waals surface area (Å²) in [6, 6.07) is 9.15. The van der Waals surface area contributed by atoms with Gasteiger partial charge in [-0.1, -0.05) is 18.2 Å². The Kier molecular flexibility index (Phi) is 2.49. The Morgan fingerprint density at radius 3 is 2.67 bits per heavy atom. The van der Waals surface area contributed by atoms with Crippen molar-refractivity contribution in [2.75, 3.05) is 0 Å². The molecule has 5 heteroatoms. The highest BCUT2D eigenvalue weighted by Gasteiger charge is 2.07. The van der Waals surface area contributed by atoms with Gasteiger partial charge in [0.2, 0.25) is 11.0 Å². The molecule has 0 bridgehead atoms. The molecule has 88 valence electrons. The van der Waals surface area contributed by atoms with E-state index in [4.69, 9.17) is 0 Å².